The molecule has 1 rings (SSSR count). The Morgan fingerprint density at radius 2 is 1.15 bits per heavy atom. The van der Waals surface area contributed by atoms with Gasteiger partial charge < -0.3 is 9.13 Å². The Bertz CT molecular complexity index is 189. The monoisotopic (exact) mass is 198 g/mol. The zero-order chi connectivity index (χ0) is 10.2. The molecule has 0 aromatic rings. The lowest BCUT2D eigenvalue weighted by Gasteiger charge is -2.42. The Morgan fingerprint density at radius 3 is 1.31 bits per heavy atom. The van der Waals surface area contributed by atoms with Crippen LogP contribution in [0.5, 0.6) is 0 Å². The van der Waals surface area contributed by atoms with Crippen molar-refractivity contribution in [2.45, 2.75) is 52.9 Å². The first-order chi connectivity index (χ1) is 5.87. The van der Waals surface area contributed by atoms with Gasteiger partial charge >= 0.3 is 0 Å². The molecule has 1 aliphatic heterocycles. The summed E-state index contributed by atoms with van der Waals surface area (Å²) in [6, 6.07) is 1.25. The molecule has 13 heavy (non-hydrogen) atoms. The van der Waals surface area contributed by atoms with Gasteiger partial charge in [0.15, 0.2) is 0 Å². The van der Waals surface area contributed by atoms with Gasteiger partial charge in [0, 0.05) is 24.5 Å². The molecule has 0 saturated carbocycles. The van der Waals surface area contributed by atoms with E-state index < -0.39 is 8.40 Å². The molecule has 0 spiro atoms. The third-order valence-electron chi connectivity index (χ3n) is 2.76. The van der Waals surface area contributed by atoms with Gasteiger partial charge in [-0.25, -0.2) is 0 Å². The van der Waals surface area contributed by atoms with Crippen molar-refractivity contribution in [3.63, 3.8) is 0 Å². The first kappa shape index (κ1) is 10.6. The highest BCUT2D eigenvalue weighted by molar-refractivity contribution is 6.73. The summed E-state index contributed by atoms with van der Waals surface area (Å²) in [6.07, 6.45) is 4.52. The first-order valence-corrected chi connectivity index (χ1v) is 8.02. The Kier molecular flexibility index (Phi) is 2.76. The van der Waals surface area contributed by atoms with Gasteiger partial charge in [0.25, 0.3) is 8.40 Å². The van der Waals surface area contributed by atoms with Crippen LogP contribution < -0.4 is 0 Å². The molecule has 1 heterocycles. The molecule has 0 amide bonds. The fourth-order valence-electron chi connectivity index (χ4n) is 2.25. The predicted octanol–water partition coefficient (Wildman–Crippen LogP) is 2.59. The molecule has 0 unspecified atom stereocenters. The van der Waals surface area contributed by atoms with Crippen LogP contribution in [-0.2, 0) is 0 Å². The highest BCUT2D eigenvalue weighted by Gasteiger charge is 2.40. The molecule has 1 aliphatic rings. The van der Waals surface area contributed by atoms with Gasteiger partial charge in [-0.1, -0.05) is 0 Å². The van der Waals surface area contributed by atoms with Gasteiger partial charge in [-0.05, 0) is 40.8 Å². The lowest BCUT2D eigenvalue weighted by Crippen LogP contribution is -2.57. The van der Waals surface area contributed by atoms with E-state index in [9.17, 15) is 0 Å². The summed E-state index contributed by atoms with van der Waals surface area (Å²) in [5, 5.41) is 0. The van der Waals surface area contributed by atoms with E-state index >= 15 is 0 Å². The predicted molar refractivity (Wildman–Crippen MR) is 60.6 cm³/mol. The van der Waals surface area contributed by atoms with E-state index in [4.69, 9.17) is 0 Å². The number of hydrogen-bond donors (Lipinski definition) is 0. The molecule has 0 bridgehead atoms. The minimum absolute atomic E-state index is 0.627. The molecule has 3 heteroatoms. The fourth-order valence-corrected chi connectivity index (χ4v) is 5.91. The van der Waals surface area contributed by atoms with Gasteiger partial charge in [-0.3, -0.25) is 0 Å². The lowest BCUT2D eigenvalue weighted by molar-refractivity contribution is 0.405. The van der Waals surface area contributed by atoms with Crippen molar-refractivity contribution in [3.05, 3.63) is 12.4 Å². The standard InChI is InChI=1S/C10H22N2Si/c1-9(2)11-7-8-12(10(3)4)13(11,5)6/h7-10H,1-6H3. The minimum atomic E-state index is -1.37. The van der Waals surface area contributed by atoms with Crippen LogP contribution in [0, 0.1) is 0 Å². The Labute approximate surface area is 83.4 Å². The number of rotatable bonds is 2. The zero-order valence-electron chi connectivity index (χ0n) is 9.70. The van der Waals surface area contributed by atoms with Crippen LogP contribution in [0.3, 0.4) is 0 Å². The maximum absolute atomic E-state index is 2.53. The maximum atomic E-state index is 2.53. The number of hydrogen-bond acceptors (Lipinski definition) is 2. The van der Waals surface area contributed by atoms with Crippen LogP contribution in [0.4, 0.5) is 0 Å². The van der Waals surface area contributed by atoms with Gasteiger partial charge in [0.05, 0.1) is 0 Å². The van der Waals surface area contributed by atoms with E-state index in [1.807, 2.05) is 0 Å². The summed E-state index contributed by atoms with van der Waals surface area (Å²) < 4.78 is 5.07. The van der Waals surface area contributed by atoms with Crippen LogP contribution in [-0.4, -0.2) is 29.6 Å². The highest BCUT2D eigenvalue weighted by Crippen LogP contribution is 2.27. The molecule has 0 aliphatic carbocycles. The first-order valence-electron chi connectivity index (χ1n) is 5.12. The summed E-state index contributed by atoms with van der Waals surface area (Å²) in [5.74, 6) is 0. The lowest BCUT2D eigenvalue weighted by atomic mass is 10.4. The summed E-state index contributed by atoms with van der Waals surface area (Å²) in [6.45, 7) is 13.9. The summed E-state index contributed by atoms with van der Waals surface area (Å²) in [4.78, 5) is 0. The molecule has 2 nitrogen and oxygen atoms in total. The second kappa shape index (κ2) is 3.37. The average Bonchev–Trinajstić information content (AvgIpc) is 2.24. The van der Waals surface area contributed by atoms with E-state index in [2.05, 4.69) is 62.3 Å². The maximum Gasteiger partial charge on any atom is 0.257 e. The van der Waals surface area contributed by atoms with Crippen molar-refractivity contribution in [2.75, 3.05) is 0 Å². The van der Waals surface area contributed by atoms with E-state index in [-0.39, 0.29) is 0 Å². The van der Waals surface area contributed by atoms with Gasteiger partial charge in [0.2, 0.25) is 0 Å². The van der Waals surface area contributed by atoms with Crippen molar-refractivity contribution in [2.24, 2.45) is 0 Å². The van der Waals surface area contributed by atoms with Crippen molar-refractivity contribution < 1.29 is 0 Å². The smallest absolute Gasteiger partial charge is 0.257 e. The second-order valence-corrected chi connectivity index (χ2v) is 8.82. The summed E-state index contributed by atoms with van der Waals surface area (Å²) >= 11 is 0. The largest absolute Gasteiger partial charge is 0.384 e. The van der Waals surface area contributed by atoms with Crippen LogP contribution in [0.2, 0.25) is 13.1 Å². The molecule has 0 radical (unpaired) electrons. The van der Waals surface area contributed by atoms with Crippen molar-refractivity contribution in [1.29, 1.82) is 0 Å². The van der Waals surface area contributed by atoms with E-state index in [1.54, 1.807) is 0 Å². The normalized spacial score (nSPS) is 20.9. The van der Waals surface area contributed by atoms with E-state index in [0.29, 0.717) is 12.1 Å². The van der Waals surface area contributed by atoms with E-state index in [1.165, 1.54) is 0 Å². The van der Waals surface area contributed by atoms with Crippen molar-refractivity contribution in [1.82, 2.24) is 9.13 Å². The third-order valence-corrected chi connectivity index (χ3v) is 6.62. The molecule has 0 atom stereocenters. The molecular formula is C10H22N2Si. The second-order valence-electron chi connectivity index (χ2n) is 4.79. The topological polar surface area (TPSA) is 6.48 Å². The van der Waals surface area contributed by atoms with Gasteiger partial charge in [0.1, 0.15) is 0 Å². The van der Waals surface area contributed by atoms with Crippen LogP contribution in [0.1, 0.15) is 27.7 Å². The third kappa shape index (κ3) is 1.75. The van der Waals surface area contributed by atoms with Gasteiger partial charge in [-0.2, -0.15) is 0 Å². The fraction of sp³-hybridized carbons (Fsp3) is 0.800. The quantitative estimate of drug-likeness (QED) is 0.629. The Balaban J connectivity index is 2.83. The minimum Gasteiger partial charge on any atom is -0.384 e. The summed E-state index contributed by atoms with van der Waals surface area (Å²) in [7, 11) is -1.37. The zero-order valence-corrected chi connectivity index (χ0v) is 10.7. The summed E-state index contributed by atoms with van der Waals surface area (Å²) in [5.41, 5.74) is 0. The van der Waals surface area contributed by atoms with Crippen LogP contribution in [0.25, 0.3) is 0 Å². The van der Waals surface area contributed by atoms with Crippen LogP contribution >= 0.6 is 0 Å². The van der Waals surface area contributed by atoms with Crippen molar-refractivity contribution in [3.8, 4) is 0 Å². The van der Waals surface area contributed by atoms with E-state index in [0.717, 1.165) is 0 Å². The molecule has 0 fully saturated rings. The molecule has 0 aromatic carbocycles. The Morgan fingerprint density at radius 1 is 0.846 bits per heavy atom. The molecule has 0 aromatic heterocycles. The molecule has 0 N–H and O–H groups in total. The van der Waals surface area contributed by atoms with Gasteiger partial charge in [-0.15, -0.1) is 0 Å². The SMILES string of the molecule is CC(C)N1C=CN(C(C)C)[Si]1(C)C. The molecule has 0 saturated heterocycles. The van der Waals surface area contributed by atoms with Crippen LogP contribution in [0.15, 0.2) is 12.4 Å². The molecular weight excluding hydrogens is 176 g/mol. The molecule has 76 valence electrons. The Hall–Kier alpha value is -0.443. The number of nitrogens with zero attached hydrogens (tertiary/aromatic N) is 2. The average molecular weight is 198 g/mol. The van der Waals surface area contributed by atoms with Crippen molar-refractivity contribution >= 4 is 8.40 Å². The highest BCUT2D eigenvalue weighted by atomic mass is 28.3.